The highest BCUT2D eigenvalue weighted by molar-refractivity contribution is 6.01. The van der Waals surface area contributed by atoms with E-state index in [9.17, 15) is 9.90 Å². The third-order valence-corrected chi connectivity index (χ3v) is 4.22. The minimum Gasteiger partial charge on any atom is -0.478 e. The van der Waals surface area contributed by atoms with Crippen LogP contribution < -0.4 is 4.90 Å². The van der Waals surface area contributed by atoms with E-state index in [-0.39, 0.29) is 5.56 Å². The molecule has 0 fully saturated rings. The van der Waals surface area contributed by atoms with Crippen molar-refractivity contribution in [3.05, 3.63) is 47.2 Å². The van der Waals surface area contributed by atoms with Crippen LogP contribution in [0.3, 0.4) is 0 Å². The zero-order valence-corrected chi connectivity index (χ0v) is 15.0. The minimum absolute atomic E-state index is 0.281. The van der Waals surface area contributed by atoms with Crippen LogP contribution in [0.1, 0.15) is 48.3 Å². The van der Waals surface area contributed by atoms with Crippen LogP contribution in [0, 0.1) is 6.92 Å². The van der Waals surface area contributed by atoms with Gasteiger partial charge in [-0.1, -0.05) is 44.5 Å². The number of pyridine rings is 1. The Morgan fingerprint density at radius 1 is 1.21 bits per heavy atom. The van der Waals surface area contributed by atoms with Crippen molar-refractivity contribution in [1.29, 1.82) is 0 Å². The fraction of sp³-hybridized carbons (Fsp3) is 0.400. The summed E-state index contributed by atoms with van der Waals surface area (Å²) in [4.78, 5) is 18.4. The van der Waals surface area contributed by atoms with Crippen molar-refractivity contribution in [2.24, 2.45) is 0 Å². The Morgan fingerprint density at radius 2 is 1.88 bits per heavy atom. The molecule has 4 heteroatoms. The number of carbonyl (C=O) groups is 1. The van der Waals surface area contributed by atoms with Gasteiger partial charge in [-0.05, 0) is 37.0 Å². The van der Waals surface area contributed by atoms with Crippen molar-refractivity contribution < 1.29 is 9.90 Å². The molecule has 1 N–H and O–H groups in total. The van der Waals surface area contributed by atoms with Crippen molar-refractivity contribution in [3.8, 4) is 11.1 Å². The molecule has 2 aromatic rings. The topological polar surface area (TPSA) is 53.4 Å². The lowest BCUT2D eigenvalue weighted by molar-refractivity contribution is 0.0698. The third-order valence-electron chi connectivity index (χ3n) is 4.22. The second-order valence-corrected chi connectivity index (χ2v) is 6.14. The van der Waals surface area contributed by atoms with Crippen LogP contribution >= 0.6 is 0 Å². The van der Waals surface area contributed by atoms with Crippen LogP contribution in [-0.2, 0) is 6.42 Å². The van der Waals surface area contributed by atoms with Gasteiger partial charge in [0.25, 0.3) is 0 Å². The average molecular weight is 326 g/mol. The number of hydrogen-bond acceptors (Lipinski definition) is 3. The molecule has 0 atom stereocenters. The molecule has 0 bridgehead atoms. The van der Waals surface area contributed by atoms with Crippen LogP contribution in [0.2, 0.25) is 0 Å². The van der Waals surface area contributed by atoms with Gasteiger partial charge >= 0.3 is 5.97 Å². The van der Waals surface area contributed by atoms with Gasteiger partial charge in [-0.25, -0.2) is 9.78 Å². The lowest BCUT2D eigenvalue weighted by Gasteiger charge is -2.22. The molecule has 0 spiro atoms. The number of anilines is 1. The molecule has 128 valence electrons. The number of aromatic nitrogens is 1. The average Bonchev–Trinajstić information content (AvgIpc) is 2.58. The fourth-order valence-electron chi connectivity index (χ4n) is 2.79. The first-order valence-corrected chi connectivity index (χ1v) is 8.53. The summed E-state index contributed by atoms with van der Waals surface area (Å²) in [6.07, 6.45) is 3.03. The van der Waals surface area contributed by atoms with E-state index in [1.54, 1.807) is 0 Å². The lowest BCUT2D eigenvalue weighted by atomic mass is 9.98. The molecule has 0 saturated carbocycles. The lowest BCUT2D eigenvalue weighted by Crippen LogP contribution is -2.23. The molecule has 0 aliphatic carbocycles. The van der Waals surface area contributed by atoms with Crippen LogP contribution in [-0.4, -0.2) is 29.7 Å². The molecular formula is C20H26N2O2. The zero-order chi connectivity index (χ0) is 17.7. The summed E-state index contributed by atoms with van der Waals surface area (Å²) in [5, 5.41) is 9.81. The van der Waals surface area contributed by atoms with Crippen molar-refractivity contribution in [3.63, 3.8) is 0 Å². The first kappa shape index (κ1) is 18.0. The quantitative estimate of drug-likeness (QED) is 0.811. The fourth-order valence-corrected chi connectivity index (χ4v) is 2.79. The summed E-state index contributed by atoms with van der Waals surface area (Å²) in [6.45, 7) is 6.93. The van der Waals surface area contributed by atoms with Gasteiger partial charge in [-0.2, -0.15) is 0 Å². The summed E-state index contributed by atoms with van der Waals surface area (Å²) >= 11 is 0. The molecule has 0 amide bonds. The monoisotopic (exact) mass is 326 g/mol. The number of nitrogens with zero attached hydrogens (tertiary/aromatic N) is 2. The van der Waals surface area contributed by atoms with Gasteiger partial charge in [0.2, 0.25) is 0 Å². The van der Waals surface area contributed by atoms with E-state index >= 15 is 0 Å². The molecule has 0 aliphatic heterocycles. The predicted octanol–water partition coefficient (Wildman–Crippen LogP) is 4.55. The maximum Gasteiger partial charge on any atom is 0.340 e. The Bertz CT molecular complexity index is 708. The van der Waals surface area contributed by atoms with Crippen LogP contribution in [0.5, 0.6) is 0 Å². The normalized spacial score (nSPS) is 10.7. The summed E-state index contributed by atoms with van der Waals surface area (Å²) < 4.78 is 0. The van der Waals surface area contributed by atoms with E-state index in [2.05, 4.69) is 31.0 Å². The van der Waals surface area contributed by atoms with E-state index in [1.165, 1.54) is 5.56 Å². The summed E-state index contributed by atoms with van der Waals surface area (Å²) in [7, 11) is 1.91. The van der Waals surface area contributed by atoms with Crippen molar-refractivity contribution in [1.82, 2.24) is 4.98 Å². The van der Waals surface area contributed by atoms with Crippen molar-refractivity contribution in [2.75, 3.05) is 18.5 Å². The number of hydrogen-bond donors (Lipinski definition) is 1. The molecule has 0 radical (unpaired) electrons. The van der Waals surface area contributed by atoms with Gasteiger partial charge in [-0.3, -0.25) is 0 Å². The van der Waals surface area contributed by atoms with Crippen LogP contribution in [0.15, 0.2) is 30.3 Å². The Hall–Kier alpha value is -2.36. The molecule has 4 nitrogen and oxygen atoms in total. The van der Waals surface area contributed by atoms with E-state index in [4.69, 9.17) is 0 Å². The number of unbranched alkanes of at least 4 members (excludes halogenated alkanes) is 1. The number of carboxylic acids is 1. The molecule has 0 saturated heterocycles. The number of carboxylic acid groups (broad SMARTS) is 1. The number of rotatable bonds is 7. The minimum atomic E-state index is -0.935. The molecule has 2 rings (SSSR count). The SMILES string of the molecule is CCCCN(C)c1nc(C)cc(-c2ccc(CC)cc2)c1C(=O)O. The Labute approximate surface area is 144 Å². The van der Waals surface area contributed by atoms with Gasteiger partial charge in [0.15, 0.2) is 0 Å². The van der Waals surface area contributed by atoms with E-state index in [0.717, 1.165) is 42.6 Å². The highest BCUT2D eigenvalue weighted by Gasteiger charge is 2.21. The van der Waals surface area contributed by atoms with Gasteiger partial charge < -0.3 is 10.0 Å². The summed E-state index contributed by atoms with van der Waals surface area (Å²) in [5.41, 5.74) is 3.99. The van der Waals surface area contributed by atoms with Crippen LogP contribution in [0.4, 0.5) is 5.82 Å². The van der Waals surface area contributed by atoms with Gasteiger partial charge in [0, 0.05) is 24.8 Å². The molecule has 24 heavy (non-hydrogen) atoms. The van der Waals surface area contributed by atoms with Gasteiger partial charge in [-0.15, -0.1) is 0 Å². The van der Waals surface area contributed by atoms with Crippen LogP contribution in [0.25, 0.3) is 11.1 Å². The molecular weight excluding hydrogens is 300 g/mol. The summed E-state index contributed by atoms with van der Waals surface area (Å²) in [6, 6.07) is 9.96. The van der Waals surface area contributed by atoms with Crippen molar-refractivity contribution in [2.45, 2.75) is 40.0 Å². The standard InChI is InChI=1S/C20H26N2O2/c1-5-7-12-22(4)19-18(20(23)24)17(13-14(3)21-19)16-10-8-15(6-2)9-11-16/h8-11,13H,5-7,12H2,1-4H3,(H,23,24). The summed E-state index contributed by atoms with van der Waals surface area (Å²) in [5.74, 6) is -0.388. The zero-order valence-electron chi connectivity index (χ0n) is 15.0. The second-order valence-electron chi connectivity index (χ2n) is 6.14. The second kappa shape index (κ2) is 7.95. The third kappa shape index (κ3) is 3.94. The molecule has 0 unspecified atom stereocenters. The van der Waals surface area contributed by atoms with E-state index < -0.39 is 5.97 Å². The number of benzene rings is 1. The number of aryl methyl sites for hydroxylation is 2. The highest BCUT2D eigenvalue weighted by atomic mass is 16.4. The number of aromatic carboxylic acids is 1. The maximum atomic E-state index is 12.0. The van der Waals surface area contributed by atoms with E-state index in [1.807, 2.05) is 37.1 Å². The first-order valence-electron chi connectivity index (χ1n) is 8.53. The Kier molecular flexibility index (Phi) is 5.96. The molecule has 1 aromatic carbocycles. The smallest absolute Gasteiger partial charge is 0.340 e. The Balaban J connectivity index is 2.57. The van der Waals surface area contributed by atoms with Gasteiger partial charge in [0.05, 0.1) is 0 Å². The largest absolute Gasteiger partial charge is 0.478 e. The molecule has 1 aromatic heterocycles. The Morgan fingerprint density at radius 3 is 2.42 bits per heavy atom. The van der Waals surface area contributed by atoms with E-state index in [0.29, 0.717) is 5.82 Å². The first-order chi connectivity index (χ1) is 11.5. The van der Waals surface area contributed by atoms with Crippen molar-refractivity contribution >= 4 is 11.8 Å². The molecule has 1 heterocycles. The van der Waals surface area contributed by atoms with Gasteiger partial charge in [0.1, 0.15) is 11.4 Å². The molecule has 0 aliphatic rings. The predicted molar refractivity (Wildman–Crippen MR) is 98.9 cm³/mol. The highest BCUT2D eigenvalue weighted by Crippen LogP contribution is 2.31. The maximum absolute atomic E-state index is 12.0.